The van der Waals surface area contributed by atoms with Gasteiger partial charge in [0.15, 0.2) is 6.61 Å². The van der Waals surface area contributed by atoms with Crippen LogP contribution < -0.4 is 4.90 Å². The number of ether oxygens (including phenoxy) is 1. The fraction of sp³-hybridized carbons (Fsp3) is 0.385. The van der Waals surface area contributed by atoms with E-state index in [9.17, 15) is 19.2 Å². The minimum atomic E-state index is -0.680. The SMILES string of the molecule is Cc1ccc(C)c(C(=O)COC(=O)c2cccc(N3C(=O)[C@@H]4[C@H]5C[C@@H]([C@H](Br)[C@H]5Br)[C@@H]4C3=O)c2)c1. The first kappa shape index (κ1) is 23.4. The lowest BCUT2D eigenvalue weighted by Crippen LogP contribution is -2.37. The van der Waals surface area contributed by atoms with E-state index in [1.165, 1.54) is 11.0 Å². The van der Waals surface area contributed by atoms with Gasteiger partial charge < -0.3 is 4.74 Å². The summed E-state index contributed by atoms with van der Waals surface area (Å²) in [5.41, 5.74) is 2.82. The Bertz CT molecular complexity index is 1200. The molecule has 2 aliphatic carbocycles. The number of ketones is 1. The van der Waals surface area contributed by atoms with Crippen LogP contribution in [0.2, 0.25) is 0 Å². The van der Waals surface area contributed by atoms with Crippen molar-refractivity contribution in [3.63, 3.8) is 0 Å². The molecule has 3 aliphatic rings. The molecule has 2 amide bonds. The standard InChI is InChI=1S/C26H23Br2NO5/c1-12-6-7-13(2)16(8-12)19(30)11-34-26(33)14-4-3-5-15(9-14)29-24(31)20-17-10-18(21(20)25(29)32)23(28)22(17)27/h3-9,17-18,20-23H,10-11H2,1-2H3/t17-,18-,20-,21+,22+,23+/m1/s1. The molecule has 5 rings (SSSR count). The number of amides is 2. The third-order valence-electron chi connectivity index (χ3n) is 7.35. The molecule has 0 spiro atoms. The summed E-state index contributed by atoms with van der Waals surface area (Å²) < 4.78 is 5.27. The van der Waals surface area contributed by atoms with Crippen LogP contribution in [0.25, 0.3) is 0 Å². The second kappa shape index (κ2) is 8.72. The Labute approximate surface area is 214 Å². The quantitative estimate of drug-likeness (QED) is 0.220. The van der Waals surface area contributed by atoms with Gasteiger partial charge in [-0.3, -0.25) is 19.3 Å². The van der Waals surface area contributed by atoms with Crippen molar-refractivity contribution in [3.05, 3.63) is 64.7 Å². The number of benzene rings is 2. The smallest absolute Gasteiger partial charge is 0.338 e. The molecule has 34 heavy (non-hydrogen) atoms. The number of carbonyl (C=O) groups excluding carboxylic acids is 4. The Morgan fingerprint density at radius 1 is 0.971 bits per heavy atom. The molecule has 8 heteroatoms. The third kappa shape index (κ3) is 3.66. The maximum atomic E-state index is 13.3. The lowest BCUT2D eigenvalue weighted by Gasteiger charge is -2.28. The summed E-state index contributed by atoms with van der Waals surface area (Å²) >= 11 is 7.38. The van der Waals surface area contributed by atoms with E-state index in [1.807, 2.05) is 26.0 Å². The van der Waals surface area contributed by atoms with Crippen molar-refractivity contribution in [1.82, 2.24) is 0 Å². The summed E-state index contributed by atoms with van der Waals surface area (Å²) in [5.74, 6) is -1.81. The van der Waals surface area contributed by atoms with Crippen molar-refractivity contribution < 1.29 is 23.9 Å². The maximum absolute atomic E-state index is 13.3. The summed E-state index contributed by atoms with van der Waals surface area (Å²) in [7, 11) is 0. The van der Waals surface area contributed by atoms with E-state index in [4.69, 9.17) is 4.74 Å². The van der Waals surface area contributed by atoms with Gasteiger partial charge in [-0.2, -0.15) is 0 Å². The summed E-state index contributed by atoms with van der Waals surface area (Å²) in [6.07, 6.45) is 0.854. The first-order valence-electron chi connectivity index (χ1n) is 11.2. The van der Waals surface area contributed by atoms with Crippen LogP contribution in [0.15, 0.2) is 42.5 Å². The van der Waals surface area contributed by atoms with Crippen molar-refractivity contribution in [2.75, 3.05) is 11.5 Å². The highest BCUT2D eigenvalue weighted by molar-refractivity contribution is 9.12. The van der Waals surface area contributed by atoms with Gasteiger partial charge in [-0.15, -0.1) is 0 Å². The maximum Gasteiger partial charge on any atom is 0.338 e. The van der Waals surface area contributed by atoms with Crippen LogP contribution >= 0.6 is 31.9 Å². The lowest BCUT2D eigenvalue weighted by atomic mass is 9.81. The highest BCUT2D eigenvalue weighted by Gasteiger charge is 2.66. The molecule has 6 nitrogen and oxygen atoms in total. The predicted molar refractivity (Wildman–Crippen MR) is 133 cm³/mol. The van der Waals surface area contributed by atoms with Gasteiger partial charge in [0.1, 0.15) is 0 Å². The molecule has 0 radical (unpaired) electrons. The second-order valence-corrected chi connectivity index (χ2v) is 11.5. The normalized spacial score (nSPS) is 29.5. The average Bonchev–Trinajstić information content (AvgIpc) is 3.43. The summed E-state index contributed by atoms with van der Waals surface area (Å²) in [4.78, 5) is 53.3. The van der Waals surface area contributed by atoms with Gasteiger partial charge in [0.05, 0.1) is 23.1 Å². The van der Waals surface area contributed by atoms with Gasteiger partial charge in [-0.05, 0) is 61.9 Å². The topological polar surface area (TPSA) is 80.8 Å². The molecule has 176 valence electrons. The highest BCUT2D eigenvalue weighted by Crippen LogP contribution is 2.60. The van der Waals surface area contributed by atoms with Gasteiger partial charge in [0, 0.05) is 15.2 Å². The number of hydrogen-bond donors (Lipinski definition) is 0. The van der Waals surface area contributed by atoms with Gasteiger partial charge in [-0.25, -0.2) is 4.79 Å². The van der Waals surface area contributed by atoms with E-state index in [2.05, 4.69) is 31.9 Å². The second-order valence-electron chi connectivity index (χ2n) is 9.38. The molecular weight excluding hydrogens is 566 g/mol. The van der Waals surface area contributed by atoms with Gasteiger partial charge in [0.25, 0.3) is 0 Å². The van der Waals surface area contributed by atoms with Crippen LogP contribution in [0.4, 0.5) is 5.69 Å². The molecule has 0 unspecified atom stereocenters. The minimum Gasteiger partial charge on any atom is -0.454 e. The minimum absolute atomic E-state index is 0.116. The summed E-state index contributed by atoms with van der Waals surface area (Å²) in [6, 6.07) is 11.8. The lowest BCUT2D eigenvalue weighted by molar-refractivity contribution is -0.123. The number of halogens is 2. The molecule has 1 heterocycles. The van der Waals surface area contributed by atoms with E-state index in [0.29, 0.717) is 11.3 Å². The van der Waals surface area contributed by atoms with Crippen LogP contribution in [-0.2, 0) is 14.3 Å². The molecule has 3 fully saturated rings. The monoisotopic (exact) mass is 587 g/mol. The van der Waals surface area contributed by atoms with Crippen molar-refractivity contribution in [3.8, 4) is 0 Å². The van der Waals surface area contributed by atoms with Gasteiger partial charge in [0.2, 0.25) is 17.6 Å². The average molecular weight is 589 g/mol. The van der Waals surface area contributed by atoms with Gasteiger partial charge >= 0.3 is 5.97 Å². The first-order chi connectivity index (χ1) is 16.2. The zero-order valence-corrected chi connectivity index (χ0v) is 21.8. The fourth-order valence-electron chi connectivity index (χ4n) is 5.70. The van der Waals surface area contributed by atoms with Crippen molar-refractivity contribution in [2.24, 2.45) is 23.7 Å². The number of nitrogens with zero attached hydrogens (tertiary/aromatic N) is 1. The van der Waals surface area contributed by atoms with Crippen molar-refractivity contribution in [2.45, 2.75) is 29.9 Å². The fourth-order valence-corrected chi connectivity index (χ4v) is 7.58. The molecule has 0 aromatic heterocycles. The third-order valence-corrected chi connectivity index (χ3v) is 10.6. The Kier molecular flexibility index (Phi) is 6.01. The zero-order chi connectivity index (χ0) is 24.3. The number of hydrogen-bond acceptors (Lipinski definition) is 5. The highest BCUT2D eigenvalue weighted by atomic mass is 79.9. The number of Topliss-reactive ketones (excluding diaryl/α,β-unsaturated/α-hetero) is 1. The number of anilines is 1. The summed E-state index contributed by atoms with van der Waals surface area (Å²) in [6.45, 7) is 3.34. The number of aryl methyl sites for hydroxylation is 2. The first-order valence-corrected chi connectivity index (χ1v) is 13.1. The summed E-state index contributed by atoms with van der Waals surface area (Å²) in [5, 5.41) is 0. The zero-order valence-electron chi connectivity index (χ0n) is 18.7. The molecule has 2 saturated carbocycles. The Morgan fingerprint density at radius 3 is 2.26 bits per heavy atom. The van der Waals surface area contributed by atoms with E-state index < -0.39 is 5.97 Å². The molecule has 6 atom stereocenters. The number of rotatable bonds is 5. The largest absolute Gasteiger partial charge is 0.454 e. The van der Waals surface area contributed by atoms with Crippen LogP contribution in [-0.4, -0.2) is 39.8 Å². The van der Waals surface area contributed by atoms with Gasteiger partial charge in [-0.1, -0.05) is 55.6 Å². The Balaban J connectivity index is 1.32. The van der Waals surface area contributed by atoms with E-state index in [1.54, 1.807) is 24.3 Å². The molecule has 2 aromatic carbocycles. The molecule has 2 aromatic rings. The number of fused-ring (bicyclic) bond motifs is 5. The molecule has 2 bridgehead atoms. The molecular formula is C26H23Br2NO5. The molecule has 1 aliphatic heterocycles. The number of esters is 1. The van der Waals surface area contributed by atoms with E-state index >= 15 is 0 Å². The Hall–Kier alpha value is -2.32. The van der Waals surface area contributed by atoms with Crippen LogP contribution in [0.5, 0.6) is 0 Å². The van der Waals surface area contributed by atoms with Crippen LogP contribution in [0.3, 0.4) is 0 Å². The predicted octanol–water partition coefficient (Wildman–Crippen LogP) is 4.63. The molecule has 0 N–H and O–H groups in total. The molecule has 1 saturated heterocycles. The van der Waals surface area contributed by atoms with E-state index in [-0.39, 0.29) is 63.1 Å². The van der Waals surface area contributed by atoms with Crippen molar-refractivity contribution in [1.29, 1.82) is 0 Å². The van der Waals surface area contributed by atoms with Crippen LogP contribution in [0, 0.1) is 37.5 Å². The van der Waals surface area contributed by atoms with E-state index in [0.717, 1.165) is 17.5 Å². The number of carbonyl (C=O) groups is 4. The Morgan fingerprint density at radius 2 is 1.62 bits per heavy atom. The van der Waals surface area contributed by atoms with Crippen molar-refractivity contribution >= 4 is 61.1 Å². The number of alkyl halides is 2. The number of imide groups is 1. The van der Waals surface area contributed by atoms with Crippen LogP contribution in [0.1, 0.15) is 38.3 Å².